The SMILES string of the molecule is C#CCOc1ccc(CCNC(=O)[C@](O)(CC#C)c2ccc(CC)cc2)cc1OC. The molecule has 2 aromatic rings. The number of hydrogen-bond donors (Lipinski definition) is 2. The molecular formula is C25H27NO4. The molecule has 0 spiro atoms. The van der Waals surface area contributed by atoms with Gasteiger partial charge < -0.3 is 19.9 Å². The lowest BCUT2D eigenvalue weighted by atomic mass is 9.89. The first-order chi connectivity index (χ1) is 14.5. The zero-order valence-corrected chi connectivity index (χ0v) is 17.4. The zero-order chi connectivity index (χ0) is 22.0. The first-order valence-corrected chi connectivity index (χ1v) is 9.75. The summed E-state index contributed by atoms with van der Waals surface area (Å²) in [5.41, 5.74) is 0.761. The van der Waals surface area contributed by atoms with Gasteiger partial charge in [-0.15, -0.1) is 18.8 Å². The van der Waals surface area contributed by atoms with Crippen LogP contribution in [0.2, 0.25) is 0 Å². The highest BCUT2D eigenvalue weighted by atomic mass is 16.5. The number of rotatable bonds is 10. The van der Waals surface area contributed by atoms with Crippen LogP contribution >= 0.6 is 0 Å². The fourth-order valence-electron chi connectivity index (χ4n) is 3.05. The monoisotopic (exact) mass is 405 g/mol. The summed E-state index contributed by atoms with van der Waals surface area (Å²) in [7, 11) is 1.55. The van der Waals surface area contributed by atoms with Crippen LogP contribution < -0.4 is 14.8 Å². The van der Waals surface area contributed by atoms with E-state index in [9.17, 15) is 9.90 Å². The molecule has 0 heterocycles. The van der Waals surface area contributed by atoms with Crippen molar-refractivity contribution in [2.24, 2.45) is 0 Å². The number of methoxy groups -OCH3 is 1. The second-order valence-electron chi connectivity index (χ2n) is 6.78. The molecule has 0 fully saturated rings. The summed E-state index contributed by atoms with van der Waals surface area (Å²) in [6, 6.07) is 12.7. The van der Waals surface area contributed by atoms with Gasteiger partial charge in [-0.05, 0) is 41.7 Å². The van der Waals surface area contributed by atoms with Crippen molar-refractivity contribution >= 4 is 5.91 Å². The molecule has 0 radical (unpaired) electrons. The number of terminal acetylenes is 2. The molecule has 30 heavy (non-hydrogen) atoms. The molecule has 0 saturated carbocycles. The van der Waals surface area contributed by atoms with Crippen LogP contribution in [0.3, 0.4) is 0 Å². The lowest BCUT2D eigenvalue weighted by Crippen LogP contribution is -2.45. The third kappa shape index (κ3) is 5.56. The lowest BCUT2D eigenvalue weighted by molar-refractivity contribution is -0.140. The Morgan fingerprint density at radius 2 is 1.80 bits per heavy atom. The predicted octanol–water partition coefficient (Wildman–Crippen LogP) is 2.84. The Balaban J connectivity index is 2.05. The number of nitrogens with one attached hydrogen (secondary N) is 1. The van der Waals surface area contributed by atoms with Crippen molar-refractivity contribution in [3.8, 4) is 36.2 Å². The van der Waals surface area contributed by atoms with E-state index >= 15 is 0 Å². The number of carbonyl (C=O) groups is 1. The first-order valence-electron chi connectivity index (χ1n) is 9.75. The Kier molecular flexibility index (Phi) is 8.35. The molecule has 0 aliphatic heterocycles. The van der Waals surface area contributed by atoms with Crippen LogP contribution in [0, 0.1) is 24.7 Å². The molecule has 0 bridgehead atoms. The second kappa shape index (κ2) is 11.0. The number of carbonyl (C=O) groups excluding carboxylic acids is 1. The number of ether oxygens (including phenoxy) is 2. The van der Waals surface area contributed by atoms with Crippen LogP contribution in [-0.4, -0.2) is 31.3 Å². The molecule has 5 heteroatoms. The Bertz CT molecular complexity index is 937. The van der Waals surface area contributed by atoms with Crippen molar-refractivity contribution < 1.29 is 19.4 Å². The maximum atomic E-state index is 12.8. The van der Waals surface area contributed by atoms with Crippen LogP contribution in [0.4, 0.5) is 0 Å². The van der Waals surface area contributed by atoms with Crippen molar-refractivity contribution in [1.82, 2.24) is 5.32 Å². The summed E-state index contributed by atoms with van der Waals surface area (Å²) in [6.45, 7) is 2.52. The molecule has 0 unspecified atom stereocenters. The quantitative estimate of drug-likeness (QED) is 0.597. The van der Waals surface area contributed by atoms with E-state index in [1.54, 1.807) is 25.3 Å². The van der Waals surface area contributed by atoms with Gasteiger partial charge >= 0.3 is 0 Å². The maximum Gasteiger partial charge on any atom is 0.257 e. The normalized spacial score (nSPS) is 12.2. The fraction of sp³-hybridized carbons (Fsp3) is 0.320. The Morgan fingerprint density at radius 1 is 1.10 bits per heavy atom. The zero-order valence-electron chi connectivity index (χ0n) is 17.4. The van der Waals surface area contributed by atoms with Gasteiger partial charge in [0, 0.05) is 6.54 Å². The standard InChI is InChI=1S/C25H27NO4/c1-5-15-25(28,21-11-8-19(7-3)9-12-21)24(27)26-16-14-20-10-13-22(30-17-6-2)23(18-20)29-4/h1-2,8-13,18,28H,7,14-17H2,3-4H3,(H,26,27)/t25-/m0/s1. The van der Waals surface area contributed by atoms with Crippen LogP contribution in [0.25, 0.3) is 0 Å². The smallest absolute Gasteiger partial charge is 0.257 e. The van der Waals surface area contributed by atoms with Gasteiger partial charge in [-0.2, -0.15) is 0 Å². The minimum absolute atomic E-state index is 0.112. The second-order valence-corrected chi connectivity index (χ2v) is 6.78. The average molecular weight is 405 g/mol. The fourth-order valence-corrected chi connectivity index (χ4v) is 3.05. The van der Waals surface area contributed by atoms with Gasteiger partial charge in [0.15, 0.2) is 17.1 Å². The van der Waals surface area contributed by atoms with Gasteiger partial charge in [0.05, 0.1) is 13.5 Å². The highest BCUT2D eigenvalue weighted by molar-refractivity contribution is 5.86. The van der Waals surface area contributed by atoms with Crippen LogP contribution in [0.1, 0.15) is 30.0 Å². The van der Waals surface area contributed by atoms with E-state index in [-0.39, 0.29) is 13.0 Å². The predicted molar refractivity (Wildman–Crippen MR) is 117 cm³/mol. The van der Waals surface area contributed by atoms with Crippen molar-refractivity contribution in [3.05, 3.63) is 59.2 Å². The molecule has 1 amide bonds. The number of hydrogen-bond acceptors (Lipinski definition) is 4. The Hall–Kier alpha value is -3.41. The van der Waals surface area contributed by atoms with Gasteiger partial charge in [-0.25, -0.2) is 0 Å². The van der Waals surface area contributed by atoms with Crippen LogP contribution in [0.15, 0.2) is 42.5 Å². The minimum Gasteiger partial charge on any atom is -0.493 e. The van der Waals surface area contributed by atoms with E-state index in [1.807, 2.05) is 31.2 Å². The molecule has 5 nitrogen and oxygen atoms in total. The highest BCUT2D eigenvalue weighted by Gasteiger charge is 2.36. The third-order valence-electron chi connectivity index (χ3n) is 4.81. The highest BCUT2D eigenvalue weighted by Crippen LogP contribution is 2.28. The van der Waals surface area contributed by atoms with E-state index in [0.29, 0.717) is 30.0 Å². The summed E-state index contributed by atoms with van der Waals surface area (Å²) < 4.78 is 10.8. The van der Waals surface area contributed by atoms with Crippen LogP contribution in [0.5, 0.6) is 11.5 Å². The number of aryl methyl sites for hydroxylation is 1. The topological polar surface area (TPSA) is 67.8 Å². The van der Waals surface area contributed by atoms with Gasteiger partial charge in [-0.1, -0.05) is 43.2 Å². The van der Waals surface area contributed by atoms with Crippen molar-refractivity contribution in [2.45, 2.75) is 31.8 Å². The number of amides is 1. The molecule has 0 aliphatic carbocycles. The van der Waals surface area contributed by atoms with E-state index in [0.717, 1.165) is 17.5 Å². The third-order valence-corrected chi connectivity index (χ3v) is 4.81. The van der Waals surface area contributed by atoms with Gasteiger partial charge in [0.25, 0.3) is 5.91 Å². The van der Waals surface area contributed by atoms with E-state index < -0.39 is 11.5 Å². The largest absolute Gasteiger partial charge is 0.493 e. The van der Waals surface area contributed by atoms with Gasteiger partial charge in [-0.3, -0.25) is 4.79 Å². The number of benzene rings is 2. The summed E-state index contributed by atoms with van der Waals surface area (Å²) >= 11 is 0. The van der Waals surface area contributed by atoms with E-state index in [2.05, 4.69) is 17.2 Å². The Morgan fingerprint density at radius 3 is 2.40 bits per heavy atom. The van der Waals surface area contributed by atoms with E-state index in [1.165, 1.54) is 0 Å². The molecule has 156 valence electrons. The molecule has 2 aromatic carbocycles. The summed E-state index contributed by atoms with van der Waals surface area (Å²) in [4.78, 5) is 12.8. The first kappa shape index (κ1) is 22.9. The summed E-state index contributed by atoms with van der Waals surface area (Å²) in [6.07, 6.45) is 11.9. The average Bonchev–Trinajstić information content (AvgIpc) is 2.78. The van der Waals surface area contributed by atoms with Gasteiger partial charge in [0.1, 0.15) is 6.61 Å². The molecule has 0 aromatic heterocycles. The summed E-state index contributed by atoms with van der Waals surface area (Å²) in [5.74, 6) is 5.42. The van der Waals surface area contributed by atoms with Crippen molar-refractivity contribution in [1.29, 1.82) is 0 Å². The molecule has 2 N–H and O–H groups in total. The molecular weight excluding hydrogens is 378 g/mol. The number of aliphatic hydroxyl groups is 1. The Labute approximate surface area is 178 Å². The molecule has 2 rings (SSSR count). The molecule has 0 aliphatic rings. The minimum atomic E-state index is -1.77. The maximum absolute atomic E-state index is 12.8. The molecule has 0 saturated heterocycles. The van der Waals surface area contributed by atoms with E-state index in [4.69, 9.17) is 22.3 Å². The van der Waals surface area contributed by atoms with Crippen molar-refractivity contribution in [3.63, 3.8) is 0 Å². The lowest BCUT2D eigenvalue weighted by Gasteiger charge is -2.26. The van der Waals surface area contributed by atoms with Crippen LogP contribution in [-0.2, 0) is 23.2 Å². The van der Waals surface area contributed by atoms with Crippen molar-refractivity contribution in [2.75, 3.05) is 20.3 Å². The molecule has 1 atom stereocenters. The summed E-state index contributed by atoms with van der Waals surface area (Å²) in [5, 5.41) is 13.8. The van der Waals surface area contributed by atoms with Gasteiger partial charge in [0.2, 0.25) is 0 Å².